The maximum Gasteiger partial charge on any atom is 0.356 e. The highest BCUT2D eigenvalue weighted by Crippen LogP contribution is 2.34. The topological polar surface area (TPSA) is 115 Å². The van der Waals surface area contributed by atoms with Gasteiger partial charge >= 0.3 is 15.2 Å². The quantitative estimate of drug-likeness (QED) is 0.617. The average Bonchev–Trinajstić information content (AvgIpc) is 2.39. The summed E-state index contributed by atoms with van der Waals surface area (Å²) in [7, 11) is -8.07. The molecule has 114 valence electrons. The zero-order valence-corrected chi connectivity index (χ0v) is 13.0. The molecule has 2 rings (SSSR count). The van der Waals surface area contributed by atoms with Crippen molar-refractivity contribution < 1.29 is 28.7 Å². The van der Waals surface area contributed by atoms with Crippen LogP contribution >= 0.6 is 15.2 Å². The van der Waals surface area contributed by atoms with Gasteiger partial charge in [0.15, 0.2) is 0 Å². The van der Waals surface area contributed by atoms with E-state index in [1.165, 1.54) is 18.2 Å². The molecule has 6 nitrogen and oxygen atoms in total. The van der Waals surface area contributed by atoms with Crippen LogP contribution in [-0.4, -0.2) is 19.6 Å². The molecule has 0 fully saturated rings. The van der Waals surface area contributed by atoms with Gasteiger partial charge in [-0.25, -0.2) is 0 Å². The molecule has 21 heavy (non-hydrogen) atoms. The summed E-state index contributed by atoms with van der Waals surface area (Å²) in [5.41, 5.74) is 0.626. The average molecular weight is 330 g/mol. The Morgan fingerprint density at radius 1 is 0.714 bits per heavy atom. The number of hydrogen-bond donors (Lipinski definition) is 4. The molecule has 0 saturated carbocycles. The van der Waals surface area contributed by atoms with Gasteiger partial charge in [0, 0.05) is 0 Å². The lowest BCUT2D eigenvalue weighted by atomic mass is 10.2. The molecule has 0 aliphatic heterocycles. The minimum atomic E-state index is -4.06. The third-order valence-corrected chi connectivity index (χ3v) is 4.62. The molecule has 0 unspecified atom stereocenters. The summed E-state index contributed by atoms with van der Waals surface area (Å²) in [5.74, 6) is 0. The molecular formula is C13H16O6P2. The predicted molar refractivity (Wildman–Crippen MR) is 81.0 cm³/mol. The summed E-state index contributed by atoms with van der Waals surface area (Å²) in [5, 5.41) is 0.176. The molecule has 8 heteroatoms. The minimum absolute atomic E-state index is 0.0648. The standard InChI is InChI=1S/C7H9O3P.C6H7O3P/c1-6-4-2-3-5-7(6)11(8,9)10;7-10(8,9)6-4-2-1-3-5-6/h2-5H,1H3,(H2,8,9,10);1-5H,(H2,7,8,9). The Labute approximate surface area is 122 Å². The molecule has 0 heterocycles. The second-order valence-electron chi connectivity index (χ2n) is 4.21. The van der Waals surface area contributed by atoms with Crippen molar-refractivity contribution in [1.82, 2.24) is 0 Å². The molecule has 0 saturated heterocycles. The minimum Gasteiger partial charge on any atom is -0.321 e. The molecule has 2 aromatic rings. The van der Waals surface area contributed by atoms with Crippen LogP contribution in [0.2, 0.25) is 0 Å². The lowest BCUT2D eigenvalue weighted by Crippen LogP contribution is -2.06. The van der Waals surface area contributed by atoms with E-state index in [-0.39, 0.29) is 10.6 Å². The van der Waals surface area contributed by atoms with Crippen molar-refractivity contribution in [3.8, 4) is 0 Å². The molecule has 0 atom stereocenters. The Bertz CT molecular complexity index is 674. The Morgan fingerprint density at radius 3 is 1.52 bits per heavy atom. The van der Waals surface area contributed by atoms with Gasteiger partial charge in [-0.3, -0.25) is 9.13 Å². The van der Waals surface area contributed by atoms with E-state index in [0.717, 1.165) is 0 Å². The molecule has 0 radical (unpaired) electrons. The van der Waals surface area contributed by atoms with E-state index in [2.05, 4.69) is 0 Å². The number of rotatable bonds is 2. The highest BCUT2D eigenvalue weighted by molar-refractivity contribution is 7.60. The smallest absolute Gasteiger partial charge is 0.321 e. The van der Waals surface area contributed by atoms with Crippen LogP contribution in [-0.2, 0) is 9.13 Å². The van der Waals surface area contributed by atoms with Crippen LogP contribution in [0, 0.1) is 6.92 Å². The van der Waals surface area contributed by atoms with Gasteiger partial charge < -0.3 is 19.6 Å². The summed E-state index contributed by atoms with van der Waals surface area (Å²) in [6.45, 7) is 1.68. The zero-order chi connectivity index (χ0) is 16.1. The van der Waals surface area contributed by atoms with E-state index in [9.17, 15) is 9.13 Å². The molecular weight excluding hydrogens is 314 g/mol. The number of hydrogen-bond acceptors (Lipinski definition) is 2. The molecule has 2 aromatic carbocycles. The Balaban J connectivity index is 0.000000211. The normalized spacial score (nSPS) is 11.5. The highest BCUT2D eigenvalue weighted by Gasteiger charge is 2.18. The monoisotopic (exact) mass is 330 g/mol. The first-order valence-electron chi connectivity index (χ1n) is 5.85. The van der Waals surface area contributed by atoms with Gasteiger partial charge in [-0.15, -0.1) is 0 Å². The van der Waals surface area contributed by atoms with Crippen LogP contribution in [0.4, 0.5) is 0 Å². The second kappa shape index (κ2) is 7.14. The highest BCUT2D eigenvalue weighted by atomic mass is 31.2. The first kappa shape index (κ1) is 17.8. The van der Waals surface area contributed by atoms with Crippen molar-refractivity contribution in [3.63, 3.8) is 0 Å². The van der Waals surface area contributed by atoms with E-state index >= 15 is 0 Å². The maximum absolute atomic E-state index is 10.7. The lowest BCUT2D eigenvalue weighted by Gasteiger charge is -2.05. The molecule has 0 bridgehead atoms. The summed E-state index contributed by atoms with van der Waals surface area (Å²) in [6.07, 6.45) is 0. The van der Waals surface area contributed by atoms with E-state index in [1.54, 1.807) is 43.3 Å². The fourth-order valence-corrected chi connectivity index (χ4v) is 2.89. The Kier molecular flexibility index (Phi) is 6.05. The van der Waals surface area contributed by atoms with Gasteiger partial charge in [0.1, 0.15) is 0 Å². The molecule has 4 N–H and O–H groups in total. The predicted octanol–water partition coefficient (Wildman–Crippen LogP) is 1.29. The molecule has 0 amide bonds. The molecule has 0 aliphatic rings. The van der Waals surface area contributed by atoms with Gasteiger partial charge in [0.05, 0.1) is 10.6 Å². The van der Waals surface area contributed by atoms with E-state index in [0.29, 0.717) is 5.56 Å². The van der Waals surface area contributed by atoms with Crippen molar-refractivity contribution in [3.05, 3.63) is 60.2 Å². The van der Waals surface area contributed by atoms with Gasteiger partial charge in [0.25, 0.3) is 0 Å². The summed E-state index contributed by atoms with van der Waals surface area (Å²) < 4.78 is 21.3. The van der Waals surface area contributed by atoms with Crippen LogP contribution in [0.1, 0.15) is 5.56 Å². The van der Waals surface area contributed by atoms with Crippen molar-refractivity contribution in [2.45, 2.75) is 6.92 Å². The summed E-state index contributed by atoms with van der Waals surface area (Å²) >= 11 is 0. The maximum atomic E-state index is 10.7. The third-order valence-electron chi connectivity index (χ3n) is 2.52. The zero-order valence-electron chi connectivity index (χ0n) is 11.2. The second-order valence-corrected chi connectivity index (χ2v) is 7.38. The first-order valence-corrected chi connectivity index (χ1v) is 9.08. The van der Waals surface area contributed by atoms with Gasteiger partial charge in [-0.05, 0) is 30.7 Å². The van der Waals surface area contributed by atoms with Gasteiger partial charge in [-0.1, -0.05) is 36.4 Å². The van der Waals surface area contributed by atoms with Gasteiger partial charge in [-0.2, -0.15) is 0 Å². The molecule has 0 spiro atoms. The molecule has 0 aliphatic carbocycles. The largest absolute Gasteiger partial charge is 0.356 e. The van der Waals surface area contributed by atoms with Crippen molar-refractivity contribution in [2.24, 2.45) is 0 Å². The lowest BCUT2D eigenvalue weighted by molar-refractivity contribution is 0.385. The van der Waals surface area contributed by atoms with Crippen LogP contribution in [0.3, 0.4) is 0 Å². The van der Waals surface area contributed by atoms with Crippen molar-refractivity contribution >= 4 is 25.8 Å². The third kappa shape index (κ3) is 5.94. The van der Waals surface area contributed by atoms with Gasteiger partial charge in [0.2, 0.25) is 0 Å². The summed E-state index contributed by atoms with van der Waals surface area (Å²) in [6, 6.07) is 14.2. The van der Waals surface area contributed by atoms with Crippen molar-refractivity contribution in [2.75, 3.05) is 0 Å². The fraction of sp³-hybridized carbons (Fsp3) is 0.0769. The van der Waals surface area contributed by atoms with Crippen LogP contribution in [0.15, 0.2) is 54.6 Å². The summed E-state index contributed by atoms with van der Waals surface area (Å²) in [4.78, 5) is 34.8. The van der Waals surface area contributed by atoms with E-state index in [4.69, 9.17) is 19.6 Å². The number of benzene rings is 2. The van der Waals surface area contributed by atoms with Crippen LogP contribution < -0.4 is 10.6 Å². The Morgan fingerprint density at radius 2 is 1.19 bits per heavy atom. The molecule has 0 aromatic heterocycles. The fourth-order valence-electron chi connectivity index (χ4n) is 1.51. The van der Waals surface area contributed by atoms with Crippen molar-refractivity contribution in [1.29, 1.82) is 0 Å². The Hall–Kier alpha value is -1.26. The number of aryl methyl sites for hydroxylation is 1. The SMILES string of the molecule is Cc1ccccc1P(=O)(O)O.O=P(O)(O)c1ccccc1. The van der Waals surface area contributed by atoms with Crippen LogP contribution in [0.5, 0.6) is 0 Å². The van der Waals surface area contributed by atoms with Crippen LogP contribution in [0.25, 0.3) is 0 Å². The van der Waals surface area contributed by atoms with E-state index in [1.807, 2.05) is 0 Å². The first-order chi connectivity index (χ1) is 9.62. The van der Waals surface area contributed by atoms with E-state index < -0.39 is 15.2 Å².